The van der Waals surface area contributed by atoms with E-state index in [0.29, 0.717) is 33.6 Å². The van der Waals surface area contributed by atoms with Crippen LogP contribution in [0.3, 0.4) is 0 Å². The van der Waals surface area contributed by atoms with E-state index in [2.05, 4.69) is 21.3 Å². The van der Waals surface area contributed by atoms with Crippen molar-refractivity contribution in [3.8, 4) is 23.0 Å². The normalized spacial score (nSPS) is 11.8. The zero-order valence-corrected chi connectivity index (χ0v) is 42.5. The molecule has 0 fully saturated rings. The van der Waals surface area contributed by atoms with Crippen LogP contribution in [0.2, 0.25) is 0 Å². The van der Waals surface area contributed by atoms with Crippen molar-refractivity contribution >= 4 is 75.3 Å². The van der Waals surface area contributed by atoms with Gasteiger partial charge in [-0.2, -0.15) is 33.7 Å². The van der Waals surface area contributed by atoms with Crippen LogP contribution in [-0.2, 0) is 40.5 Å². The van der Waals surface area contributed by atoms with E-state index in [0.717, 1.165) is 29.3 Å². The van der Waals surface area contributed by atoms with Crippen molar-refractivity contribution in [1.29, 1.82) is 0 Å². The number of hydrogen-bond donors (Lipinski definition) is 4. The summed E-state index contributed by atoms with van der Waals surface area (Å²) in [5.41, 5.74) is 5.16. The highest BCUT2D eigenvalue weighted by molar-refractivity contribution is 7.88. The number of benzene rings is 7. The average Bonchev–Trinajstić information content (AvgIpc) is 3.28. The Hall–Kier alpha value is -7.92. The molecular weight excluding hydrogens is 1010 g/mol. The maximum atomic E-state index is 13.3. The molecule has 0 radical (unpaired) electrons. The van der Waals surface area contributed by atoms with Gasteiger partial charge in [0.2, 0.25) is 0 Å². The minimum absolute atomic E-state index is 0.0343. The zero-order valence-electron chi connectivity index (χ0n) is 39.2. The van der Waals surface area contributed by atoms with E-state index in [4.69, 9.17) is 16.7 Å². The first-order valence-electron chi connectivity index (χ1n) is 21.5. The molecule has 0 atom stereocenters. The van der Waals surface area contributed by atoms with E-state index in [1.807, 2.05) is 13.8 Å². The summed E-state index contributed by atoms with van der Waals surface area (Å²) in [4.78, 5) is 24.6. The lowest BCUT2D eigenvalue weighted by Gasteiger charge is -2.13. The van der Waals surface area contributed by atoms with E-state index in [9.17, 15) is 43.3 Å². The van der Waals surface area contributed by atoms with Crippen molar-refractivity contribution < 1.29 is 60.0 Å². The molecular formula is C50H46N4O14S4. The number of nitrogens with one attached hydrogen (secondary N) is 4. The first-order chi connectivity index (χ1) is 33.9. The molecule has 0 aliphatic rings. The van der Waals surface area contributed by atoms with Crippen molar-refractivity contribution in [2.75, 3.05) is 21.3 Å². The van der Waals surface area contributed by atoms with Gasteiger partial charge in [0.25, 0.3) is 0 Å². The van der Waals surface area contributed by atoms with Gasteiger partial charge in [0.1, 0.15) is 42.6 Å². The molecule has 7 rings (SSSR count). The van der Waals surface area contributed by atoms with Crippen LogP contribution < -0.4 is 38.0 Å². The summed E-state index contributed by atoms with van der Waals surface area (Å²) in [5, 5.41) is 10.4. The fourth-order valence-electron chi connectivity index (χ4n) is 7.56. The second-order valence-electron chi connectivity index (χ2n) is 16.3. The van der Waals surface area contributed by atoms with Crippen molar-refractivity contribution in [3.63, 3.8) is 0 Å². The highest BCUT2D eigenvalue weighted by atomic mass is 32.2. The van der Waals surface area contributed by atoms with Crippen molar-refractivity contribution in [1.82, 2.24) is 0 Å². The Morgan fingerprint density at radius 3 is 0.819 bits per heavy atom. The average molecular weight is 1060 g/mol. The van der Waals surface area contributed by atoms with Crippen LogP contribution in [0.5, 0.6) is 23.0 Å². The molecule has 0 unspecified atom stereocenters. The Balaban J connectivity index is 0.888. The third kappa shape index (κ3) is 12.9. The van der Waals surface area contributed by atoms with Crippen LogP contribution in [0.25, 0.3) is 0 Å². The van der Waals surface area contributed by atoms with Crippen LogP contribution in [0, 0.1) is 41.5 Å². The van der Waals surface area contributed by atoms with Crippen LogP contribution in [0.1, 0.15) is 33.4 Å². The highest BCUT2D eigenvalue weighted by Gasteiger charge is 2.26. The molecule has 7 aromatic carbocycles. The zero-order chi connectivity index (χ0) is 52.2. The van der Waals surface area contributed by atoms with E-state index in [1.165, 1.54) is 103 Å². The maximum absolute atomic E-state index is 13.3. The SMILES string of the molecule is Cc1cc(C)c(S(=O)(=O)Oc2ccc(NC(=O)Nc3ccc(OS(=O)(=O)c4cccc(S(=O)(=O)Oc5ccc(NC(=O)Nc6ccc(OS(=O)(=O)c7c(C)cc(C)cc7C)cc6)cc5)c4)cc3)cc2)c(C)c1. The lowest BCUT2D eigenvalue weighted by atomic mass is 10.1. The standard InChI is InChI=1S/C50H46N4O14S4/c1-31-26-33(3)47(34(4)27-31)71(61,62)67-43-22-14-39(15-23-43)53-49(55)51-37-10-18-41(19-11-37)65-69(57,58)45-8-7-9-46(30-45)70(59,60)66-42-20-12-38(13-21-42)52-50(56)54-40-16-24-44(25-17-40)68-72(63,64)48-35(5)28-32(2)29-36(48)6/h7-30H,1-6H3,(H2,51,53,55)(H2,52,54,56). The molecule has 22 heteroatoms. The molecule has 4 amide bonds. The molecule has 0 saturated heterocycles. The van der Waals surface area contributed by atoms with Crippen LogP contribution in [0.4, 0.5) is 32.3 Å². The molecule has 0 aliphatic carbocycles. The van der Waals surface area contributed by atoms with E-state index in [1.54, 1.807) is 52.0 Å². The van der Waals surface area contributed by atoms with E-state index >= 15 is 0 Å². The van der Waals surface area contributed by atoms with Gasteiger partial charge in [0, 0.05) is 22.7 Å². The number of rotatable bonds is 16. The first-order valence-corrected chi connectivity index (χ1v) is 27.1. The summed E-state index contributed by atoms with van der Waals surface area (Å²) in [6.07, 6.45) is 0. The summed E-state index contributed by atoms with van der Waals surface area (Å²) in [5.74, 6) is -0.248. The van der Waals surface area contributed by atoms with Gasteiger partial charge >= 0.3 is 52.5 Å². The highest BCUT2D eigenvalue weighted by Crippen LogP contribution is 2.30. The summed E-state index contributed by atoms with van der Waals surface area (Å²) < 4.78 is 126. The van der Waals surface area contributed by atoms with Crippen LogP contribution >= 0.6 is 0 Å². The number of urea groups is 2. The van der Waals surface area contributed by atoms with Gasteiger partial charge in [-0.1, -0.05) is 41.5 Å². The molecule has 0 spiro atoms. The molecule has 18 nitrogen and oxygen atoms in total. The molecule has 0 saturated carbocycles. The summed E-state index contributed by atoms with van der Waals surface area (Å²) in [6, 6.07) is 31.8. The Kier molecular flexibility index (Phi) is 15.0. The van der Waals surface area contributed by atoms with Gasteiger partial charge in [-0.15, -0.1) is 0 Å². The van der Waals surface area contributed by atoms with Gasteiger partial charge in [-0.05, 0) is 179 Å². The molecule has 0 bridgehead atoms. The summed E-state index contributed by atoms with van der Waals surface area (Å²) in [6.45, 7) is 10.5. The van der Waals surface area contributed by atoms with Gasteiger partial charge in [0.05, 0.1) is 0 Å². The molecule has 7 aromatic rings. The largest absolute Gasteiger partial charge is 0.379 e. The van der Waals surface area contributed by atoms with Crippen molar-refractivity contribution in [2.45, 2.75) is 61.1 Å². The summed E-state index contributed by atoms with van der Waals surface area (Å²) >= 11 is 0. The van der Waals surface area contributed by atoms with E-state index in [-0.39, 0.29) is 44.2 Å². The number of aryl methyl sites for hydroxylation is 6. The maximum Gasteiger partial charge on any atom is 0.339 e. The van der Waals surface area contributed by atoms with Crippen molar-refractivity contribution in [3.05, 3.63) is 179 Å². The number of anilines is 4. The first kappa shape index (κ1) is 51.9. The van der Waals surface area contributed by atoms with Gasteiger partial charge in [-0.3, -0.25) is 0 Å². The lowest BCUT2D eigenvalue weighted by Crippen LogP contribution is -2.19. The Morgan fingerprint density at radius 2 is 0.569 bits per heavy atom. The molecule has 4 N–H and O–H groups in total. The minimum Gasteiger partial charge on any atom is -0.379 e. The molecule has 374 valence electrons. The lowest BCUT2D eigenvalue weighted by molar-refractivity contribution is 0.261. The molecule has 72 heavy (non-hydrogen) atoms. The van der Waals surface area contributed by atoms with E-state index < -0.39 is 62.3 Å². The van der Waals surface area contributed by atoms with Gasteiger partial charge < -0.3 is 38.0 Å². The molecule has 0 heterocycles. The predicted octanol–water partition coefficient (Wildman–Crippen LogP) is 9.90. The fourth-order valence-corrected chi connectivity index (χ4v) is 12.3. The van der Waals surface area contributed by atoms with Crippen LogP contribution in [-0.4, -0.2) is 45.7 Å². The molecule has 0 aliphatic heterocycles. The number of carbonyl (C=O) groups is 2. The summed E-state index contributed by atoms with van der Waals surface area (Å²) in [7, 11) is -17.5. The third-order valence-electron chi connectivity index (χ3n) is 10.4. The predicted molar refractivity (Wildman–Crippen MR) is 270 cm³/mol. The Bertz CT molecular complexity index is 3380. The monoisotopic (exact) mass is 1050 g/mol. The third-order valence-corrected chi connectivity index (χ3v) is 16.0. The van der Waals surface area contributed by atoms with Gasteiger partial charge in [-0.25, -0.2) is 9.59 Å². The van der Waals surface area contributed by atoms with Crippen molar-refractivity contribution in [2.24, 2.45) is 0 Å². The van der Waals surface area contributed by atoms with Gasteiger partial charge in [0.15, 0.2) is 0 Å². The quantitative estimate of drug-likeness (QED) is 0.0657. The minimum atomic E-state index is -4.59. The second-order valence-corrected chi connectivity index (χ2v) is 22.4. The smallest absolute Gasteiger partial charge is 0.339 e. The topological polar surface area (TPSA) is 256 Å². The number of amides is 4. The molecule has 0 aromatic heterocycles. The van der Waals surface area contributed by atoms with Crippen LogP contribution in [0.15, 0.2) is 165 Å². The Labute approximate surface area is 417 Å². The Morgan fingerprint density at radius 1 is 0.333 bits per heavy atom. The number of hydrogen-bond acceptors (Lipinski definition) is 14. The fraction of sp³-hybridized carbons (Fsp3) is 0.120. The number of carbonyl (C=O) groups excluding carboxylic acids is 2. The second kappa shape index (κ2) is 20.8.